The number of carbonyl (C=O) groups is 1. The van der Waals surface area contributed by atoms with Crippen LogP contribution in [0, 0.1) is 17.0 Å². The number of nitrogens with one attached hydrogen (secondary N) is 1. The summed E-state index contributed by atoms with van der Waals surface area (Å²) in [7, 11) is 0. The van der Waals surface area contributed by atoms with Crippen LogP contribution in [-0.2, 0) is 17.6 Å². The van der Waals surface area contributed by atoms with E-state index < -0.39 is 11.6 Å². The SMILES string of the molecule is CC1(C)CC(=O)C2=C(C1)Nc1cc3c(cc1C2c1ccc(F)c(F)c1)CCCC3. The average Bonchev–Trinajstić information content (AvgIpc) is 2.66. The first-order valence-corrected chi connectivity index (χ1v) is 10.5. The van der Waals surface area contributed by atoms with Gasteiger partial charge in [-0.25, -0.2) is 8.78 Å². The highest BCUT2D eigenvalue weighted by Crippen LogP contribution is 2.50. The fraction of sp³-hybridized carbons (Fsp3) is 0.400. The molecule has 2 aromatic carbocycles. The summed E-state index contributed by atoms with van der Waals surface area (Å²) < 4.78 is 27.8. The summed E-state index contributed by atoms with van der Waals surface area (Å²) in [6.45, 7) is 4.20. The molecule has 0 aromatic heterocycles. The molecule has 5 rings (SSSR count). The van der Waals surface area contributed by atoms with Crippen molar-refractivity contribution in [3.63, 3.8) is 0 Å². The lowest BCUT2D eigenvalue weighted by molar-refractivity contribution is -0.118. The number of Topliss-reactive ketones (excluding diaryl/α,β-unsaturated/α-hetero) is 1. The summed E-state index contributed by atoms with van der Waals surface area (Å²) >= 11 is 0. The van der Waals surface area contributed by atoms with Crippen LogP contribution in [0.25, 0.3) is 0 Å². The lowest BCUT2D eigenvalue weighted by atomic mass is 9.68. The van der Waals surface area contributed by atoms with Gasteiger partial charge in [-0.2, -0.15) is 0 Å². The maximum atomic E-state index is 14.1. The minimum absolute atomic E-state index is 0.0989. The Bertz CT molecular complexity index is 1070. The Kier molecular flexibility index (Phi) is 4.16. The van der Waals surface area contributed by atoms with Crippen LogP contribution in [-0.4, -0.2) is 5.78 Å². The largest absolute Gasteiger partial charge is 0.358 e. The van der Waals surface area contributed by atoms with E-state index in [0.717, 1.165) is 48.2 Å². The lowest BCUT2D eigenvalue weighted by Gasteiger charge is -2.40. The van der Waals surface area contributed by atoms with Crippen molar-refractivity contribution in [3.8, 4) is 0 Å². The third-order valence-corrected chi connectivity index (χ3v) is 6.60. The summed E-state index contributed by atoms with van der Waals surface area (Å²) in [6, 6.07) is 8.45. The van der Waals surface area contributed by atoms with E-state index in [1.165, 1.54) is 29.7 Å². The molecule has 2 aliphatic carbocycles. The van der Waals surface area contributed by atoms with E-state index in [4.69, 9.17) is 0 Å². The van der Waals surface area contributed by atoms with Crippen molar-refractivity contribution in [1.29, 1.82) is 0 Å². The summed E-state index contributed by atoms with van der Waals surface area (Å²) in [5.41, 5.74) is 6.86. The molecule has 0 saturated carbocycles. The van der Waals surface area contributed by atoms with E-state index in [1.807, 2.05) is 0 Å². The standard InChI is InChI=1S/C25H25F2NO/c1-25(2)12-21-24(22(29)13-25)23(16-7-8-18(26)19(27)10-16)17-9-14-5-3-4-6-15(14)11-20(17)28-21/h7-11,23,28H,3-6,12-13H2,1-2H3. The topological polar surface area (TPSA) is 29.1 Å². The Morgan fingerprint density at radius 2 is 1.69 bits per heavy atom. The van der Waals surface area contributed by atoms with Crippen LogP contribution in [0.3, 0.4) is 0 Å². The molecule has 0 radical (unpaired) electrons. The Labute approximate surface area is 170 Å². The number of carbonyl (C=O) groups excluding carboxylic acids is 1. The van der Waals surface area contributed by atoms with Crippen LogP contribution < -0.4 is 5.32 Å². The van der Waals surface area contributed by atoms with E-state index in [9.17, 15) is 13.6 Å². The summed E-state index contributed by atoms with van der Waals surface area (Å²) in [4.78, 5) is 13.2. The molecule has 0 spiro atoms. The maximum Gasteiger partial charge on any atom is 0.162 e. The number of anilines is 1. The molecule has 0 amide bonds. The van der Waals surface area contributed by atoms with Gasteiger partial charge in [-0.05, 0) is 78.0 Å². The third kappa shape index (κ3) is 3.09. The predicted octanol–water partition coefficient (Wildman–Crippen LogP) is 6.04. The summed E-state index contributed by atoms with van der Waals surface area (Å²) in [6.07, 6.45) is 5.68. The Hall–Kier alpha value is -2.49. The predicted molar refractivity (Wildman–Crippen MR) is 110 cm³/mol. The van der Waals surface area contributed by atoms with Crippen LogP contribution in [0.5, 0.6) is 0 Å². The van der Waals surface area contributed by atoms with Gasteiger partial charge in [-0.3, -0.25) is 4.79 Å². The number of aryl methyl sites for hydroxylation is 2. The monoisotopic (exact) mass is 393 g/mol. The number of benzene rings is 2. The van der Waals surface area contributed by atoms with E-state index >= 15 is 0 Å². The first-order chi connectivity index (χ1) is 13.8. The quantitative estimate of drug-likeness (QED) is 0.640. The second-order valence-corrected chi connectivity index (χ2v) is 9.48. The lowest BCUT2D eigenvalue weighted by Crippen LogP contribution is -2.34. The van der Waals surface area contributed by atoms with Crippen molar-refractivity contribution in [3.05, 3.63) is 75.5 Å². The zero-order valence-electron chi connectivity index (χ0n) is 16.9. The molecule has 1 heterocycles. The molecular formula is C25H25F2NO. The maximum absolute atomic E-state index is 14.1. The number of halogens is 2. The summed E-state index contributed by atoms with van der Waals surface area (Å²) in [5.74, 6) is -1.99. The normalized spacial score (nSPS) is 22.5. The number of hydrogen-bond acceptors (Lipinski definition) is 2. The minimum Gasteiger partial charge on any atom is -0.358 e. The molecule has 1 N–H and O–H groups in total. The number of fused-ring (bicyclic) bond motifs is 2. The fourth-order valence-electron chi connectivity index (χ4n) is 5.29. The van der Waals surface area contributed by atoms with Gasteiger partial charge in [-0.15, -0.1) is 0 Å². The zero-order chi connectivity index (χ0) is 20.3. The van der Waals surface area contributed by atoms with E-state index in [1.54, 1.807) is 6.07 Å². The van der Waals surface area contributed by atoms with Crippen LogP contribution in [0.2, 0.25) is 0 Å². The zero-order valence-corrected chi connectivity index (χ0v) is 16.9. The molecule has 1 unspecified atom stereocenters. The highest BCUT2D eigenvalue weighted by atomic mass is 19.2. The Balaban J connectivity index is 1.73. The van der Waals surface area contributed by atoms with Gasteiger partial charge in [0, 0.05) is 29.3 Å². The van der Waals surface area contributed by atoms with Crippen molar-refractivity contribution in [2.45, 2.75) is 58.3 Å². The van der Waals surface area contributed by atoms with Gasteiger partial charge < -0.3 is 5.32 Å². The molecule has 0 bridgehead atoms. The molecule has 1 atom stereocenters. The van der Waals surface area contributed by atoms with Gasteiger partial charge in [0.25, 0.3) is 0 Å². The molecule has 2 aromatic rings. The minimum atomic E-state index is -0.869. The molecule has 1 aliphatic heterocycles. The second-order valence-electron chi connectivity index (χ2n) is 9.48. The molecule has 150 valence electrons. The van der Waals surface area contributed by atoms with Crippen LogP contribution >= 0.6 is 0 Å². The fourth-order valence-corrected chi connectivity index (χ4v) is 5.29. The van der Waals surface area contributed by atoms with Crippen molar-refractivity contribution >= 4 is 11.5 Å². The molecular weight excluding hydrogens is 368 g/mol. The number of rotatable bonds is 1. The first kappa shape index (κ1) is 18.5. The van der Waals surface area contributed by atoms with Crippen LogP contribution in [0.15, 0.2) is 41.6 Å². The highest BCUT2D eigenvalue weighted by Gasteiger charge is 2.41. The average molecular weight is 393 g/mol. The van der Waals surface area contributed by atoms with Crippen LogP contribution in [0.4, 0.5) is 14.5 Å². The van der Waals surface area contributed by atoms with Gasteiger partial charge in [-0.1, -0.05) is 26.0 Å². The summed E-state index contributed by atoms with van der Waals surface area (Å²) in [5, 5.41) is 3.55. The molecule has 3 aliphatic rings. The van der Waals surface area contributed by atoms with Crippen LogP contribution in [0.1, 0.15) is 67.7 Å². The van der Waals surface area contributed by atoms with Gasteiger partial charge >= 0.3 is 0 Å². The molecule has 4 heteroatoms. The molecule has 29 heavy (non-hydrogen) atoms. The molecule has 0 saturated heterocycles. The van der Waals surface area contributed by atoms with E-state index in [2.05, 4.69) is 31.3 Å². The first-order valence-electron chi connectivity index (χ1n) is 10.5. The number of allylic oxidation sites excluding steroid dienone is 2. The number of ketones is 1. The van der Waals surface area contributed by atoms with Crippen molar-refractivity contribution in [1.82, 2.24) is 0 Å². The highest BCUT2D eigenvalue weighted by molar-refractivity contribution is 6.01. The van der Waals surface area contributed by atoms with E-state index in [-0.39, 0.29) is 17.1 Å². The van der Waals surface area contributed by atoms with Gasteiger partial charge in [0.1, 0.15) is 0 Å². The van der Waals surface area contributed by atoms with Gasteiger partial charge in [0.2, 0.25) is 0 Å². The Morgan fingerprint density at radius 3 is 2.41 bits per heavy atom. The van der Waals surface area contributed by atoms with Crippen molar-refractivity contribution in [2.75, 3.05) is 5.32 Å². The smallest absolute Gasteiger partial charge is 0.162 e. The van der Waals surface area contributed by atoms with Gasteiger partial charge in [0.15, 0.2) is 17.4 Å². The molecule has 2 nitrogen and oxygen atoms in total. The van der Waals surface area contributed by atoms with Crippen molar-refractivity contribution in [2.24, 2.45) is 5.41 Å². The van der Waals surface area contributed by atoms with Crippen molar-refractivity contribution < 1.29 is 13.6 Å². The second kappa shape index (κ2) is 6.51. The molecule has 0 fully saturated rings. The number of hydrogen-bond donors (Lipinski definition) is 1. The van der Waals surface area contributed by atoms with E-state index in [0.29, 0.717) is 12.0 Å². The Morgan fingerprint density at radius 1 is 0.966 bits per heavy atom. The van der Waals surface area contributed by atoms with Gasteiger partial charge in [0.05, 0.1) is 0 Å². The third-order valence-electron chi connectivity index (χ3n) is 6.60.